The van der Waals surface area contributed by atoms with Gasteiger partial charge in [0.25, 0.3) is 0 Å². The molecule has 0 bridgehead atoms. The fraction of sp³-hybridized carbons (Fsp3) is 0.556. The van der Waals surface area contributed by atoms with E-state index in [0.29, 0.717) is 24.3 Å². The zero-order valence-electron chi connectivity index (χ0n) is 19.8. The van der Waals surface area contributed by atoms with Gasteiger partial charge >= 0.3 is 5.97 Å². The highest BCUT2D eigenvalue weighted by Gasteiger charge is 2.27. The third kappa shape index (κ3) is 6.81. The van der Waals surface area contributed by atoms with Crippen LogP contribution in [0.15, 0.2) is 30.3 Å². The SMILES string of the molecule is CCCCCCCCCCCC(=O)c1c(C)c(C(=O)OCC)n(-c2ccccc2)c1C. The summed E-state index contributed by atoms with van der Waals surface area (Å²) in [5.74, 6) is -0.257. The van der Waals surface area contributed by atoms with E-state index in [2.05, 4.69) is 6.92 Å². The van der Waals surface area contributed by atoms with Gasteiger partial charge in [-0.3, -0.25) is 4.79 Å². The molecule has 31 heavy (non-hydrogen) atoms. The first-order valence-electron chi connectivity index (χ1n) is 12.0. The van der Waals surface area contributed by atoms with Crippen LogP contribution in [0.4, 0.5) is 0 Å². The topological polar surface area (TPSA) is 48.3 Å². The van der Waals surface area contributed by atoms with Gasteiger partial charge in [-0.25, -0.2) is 4.79 Å². The number of unbranched alkanes of at least 4 members (excludes halogenated alkanes) is 8. The fourth-order valence-corrected chi connectivity index (χ4v) is 4.31. The predicted octanol–water partition coefficient (Wildman–Crippen LogP) is 7.37. The van der Waals surface area contributed by atoms with E-state index >= 15 is 0 Å². The number of rotatable bonds is 14. The lowest BCUT2D eigenvalue weighted by atomic mass is 10.00. The first-order chi connectivity index (χ1) is 15.0. The molecule has 0 aliphatic heterocycles. The number of benzene rings is 1. The van der Waals surface area contributed by atoms with E-state index in [-0.39, 0.29) is 11.8 Å². The summed E-state index contributed by atoms with van der Waals surface area (Å²) in [6, 6.07) is 9.70. The molecular weight excluding hydrogens is 386 g/mol. The van der Waals surface area contributed by atoms with Crippen molar-refractivity contribution < 1.29 is 14.3 Å². The van der Waals surface area contributed by atoms with Gasteiger partial charge in [0, 0.05) is 23.4 Å². The van der Waals surface area contributed by atoms with E-state index < -0.39 is 0 Å². The molecule has 0 saturated heterocycles. The normalized spacial score (nSPS) is 11.0. The average molecular weight is 426 g/mol. The second-order valence-electron chi connectivity index (χ2n) is 8.33. The quantitative estimate of drug-likeness (QED) is 0.180. The number of para-hydroxylation sites is 1. The van der Waals surface area contributed by atoms with Gasteiger partial charge in [0.1, 0.15) is 5.69 Å². The fourth-order valence-electron chi connectivity index (χ4n) is 4.31. The lowest BCUT2D eigenvalue weighted by Gasteiger charge is -2.11. The number of ketones is 1. The smallest absolute Gasteiger partial charge is 0.355 e. The summed E-state index contributed by atoms with van der Waals surface area (Å²) >= 11 is 0. The average Bonchev–Trinajstić information content (AvgIpc) is 3.03. The maximum atomic E-state index is 13.1. The maximum Gasteiger partial charge on any atom is 0.355 e. The van der Waals surface area contributed by atoms with Crippen LogP contribution in [0.1, 0.15) is 110 Å². The van der Waals surface area contributed by atoms with Crippen LogP contribution in [0.5, 0.6) is 0 Å². The molecule has 0 saturated carbocycles. The molecule has 2 aromatic rings. The number of hydrogen-bond donors (Lipinski definition) is 0. The Morgan fingerprint density at radius 2 is 1.42 bits per heavy atom. The standard InChI is InChI=1S/C27H39NO3/c1-5-7-8-9-10-11-12-13-17-20-24(29)25-21(3)26(27(30)31-6-2)28(22(25)4)23-18-15-14-16-19-23/h14-16,18-19H,5-13,17,20H2,1-4H3. The molecule has 0 N–H and O–H groups in total. The van der Waals surface area contributed by atoms with Gasteiger partial charge in [0.2, 0.25) is 0 Å². The van der Waals surface area contributed by atoms with Crippen molar-refractivity contribution in [2.24, 2.45) is 0 Å². The van der Waals surface area contributed by atoms with Crippen LogP contribution in [-0.2, 0) is 4.74 Å². The third-order valence-corrected chi connectivity index (χ3v) is 5.92. The molecule has 0 radical (unpaired) electrons. The Hall–Kier alpha value is -2.36. The number of aromatic nitrogens is 1. The Kier molecular flexibility index (Phi) is 10.6. The third-order valence-electron chi connectivity index (χ3n) is 5.92. The minimum absolute atomic E-state index is 0.123. The molecular formula is C27H39NO3. The van der Waals surface area contributed by atoms with Crippen molar-refractivity contribution in [2.45, 2.75) is 91.9 Å². The molecule has 4 heteroatoms. The second-order valence-corrected chi connectivity index (χ2v) is 8.33. The van der Waals surface area contributed by atoms with Crippen LogP contribution in [0.2, 0.25) is 0 Å². The zero-order valence-corrected chi connectivity index (χ0v) is 19.8. The van der Waals surface area contributed by atoms with Gasteiger partial charge in [-0.15, -0.1) is 0 Å². The molecule has 2 rings (SSSR count). The number of Topliss-reactive ketones (excluding diaryl/α,β-unsaturated/α-hetero) is 1. The van der Waals surface area contributed by atoms with Gasteiger partial charge < -0.3 is 9.30 Å². The monoisotopic (exact) mass is 425 g/mol. The van der Waals surface area contributed by atoms with E-state index in [1.807, 2.05) is 48.7 Å². The predicted molar refractivity (Wildman–Crippen MR) is 127 cm³/mol. The van der Waals surface area contributed by atoms with Crippen molar-refractivity contribution in [2.75, 3.05) is 6.61 Å². The molecule has 0 amide bonds. The van der Waals surface area contributed by atoms with Crippen molar-refractivity contribution in [3.05, 3.63) is 52.8 Å². The van der Waals surface area contributed by atoms with Crippen LogP contribution < -0.4 is 0 Å². The molecule has 170 valence electrons. The Bertz CT molecular complexity index is 836. The van der Waals surface area contributed by atoms with Gasteiger partial charge in [-0.2, -0.15) is 0 Å². The Morgan fingerprint density at radius 3 is 2.00 bits per heavy atom. The summed E-state index contributed by atoms with van der Waals surface area (Å²) < 4.78 is 7.18. The van der Waals surface area contributed by atoms with Gasteiger partial charge in [-0.05, 0) is 44.9 Å². The summed E-state index contributed by atoms with van der Waals surface area (Å²) in [4.78, 5) is 25.8. The maximum absolute atomic E-state index is 13.1. The number of carbonyl (C=O) groups is 2. The molecule has 0 aliphatic carbocycles. The van der Waals surface area contributed by atoms with Gasteiger partial charge in [0.15, 0.2) is 5.78 Å². The summed E-state index contributed by atoms with van der Waals surface area (Å²) in [6.07, 6.45) is 11.6. The largest absolute Gasteiger partial charge is 0.461 e. The Balaban J connectivity index is 2.07. The minimum atomic E-state index is -0.380. The molecule has 0 unspecified atom stereocenters. The molecule has 1 aromatic carbocycles. The summed E-state index contributed by atoms with van der Waals surface area (Å²) in [6.45, 7) is 8.13. The molecule has 1 heterocycles. The van der Waals surface area contributed by atoms with E-state index in [9.17, 15) is 9.59 Å². The van der Waals surface area contributed by atoms with E-state index in [4.69, 9.17) is 4.74 Å². The van der Waals surface area contributed by atoms with Crippen LogP contribution in [0, 0.1) is 13.8 Å². The summed E-state index contributed by atoms with van der Waals surface area (Å²) in [5, 5.41) is 0. The van der Waals surface area contributed by atoms with Crippen LogP contribution >= 0.6 is 0 Å². The van der Waals surface area contributed by atoms with Crippen molar-refractivity contribution in [3.8, 4) is 5.69 Å². The lowest BCUT2D eigenvalue weighted by molar-refractivity contribution is 0.0516. The van der Waals surface area contributed by atoms with E-state index in [1.165, 1.54) is 44.9 Å². The van der Waals surface area contributed by atoms with E-state index in [1.54, 1.807) is 6.92 Å². The van der Waals surface area contributed by atoms with E-state index in [0.717, 1.165) is 29.8 Å². The Labute approximate surface area is 188 Å². The number of ether oxygens (including phenoxy) is 1. The van der Waals surface area contributed by atoms with Crippen molar-refractivity contribution in [3.63, 3.8) is 0 Å². The number of hydrogen-bond acceptors (Lipinski definition) is 3. The minimum Gasteiger partial charge on any atom is -0.461 e. The highest BCUT2D eigenvalue weighted by atomic mass is 16.5. The van der Waals surface area contributed by atoms with Crippen LogP contribution in [0.3, 0.4) is 0 Å². The Morgan fingerprint density at radius 1 is 0.839 bits per heavy atom. The molecule has 0 aliphatic rings. The number of nitrogens with zero attached hydrogens (tertiary/aromatic N) is 1. The molecule has 0 fully saturated rings. The molecule has 4 nitrogen and oxygen atoms in total. The van der Waals surface area contributed by atoms with Crippen LogP contribution in [0.25, 0.3) is 5.69 Å². The molecule has 0 spiro atoms. The first kappa shape index (κ1) is 24.9. The van der Waals surface area contributed by atoms with Crippen molar-refractivity contribution in [1.82, 2.24) is 4.57 Å². The molecule has 0 atom stereocenters. The summed E-state index contributed by atoms with van der Waals surface area (Å²) in [5.41, 5.74) is 3.54. The number of carbonyl (C=O) groups excluding carboxylic acids is 2. The highest BCUT2D eigenvalue weighted by Crippen LogP contribution is 2.28. The van der Waals surface area contributed by atoms with Gasteiger partial charge in [0.05, 0.1) is 6.61 Å². The highest BCUT2D eigenvalue weighted by molar-refractivity contribution is 6.03. The summed E-state index contributed by atoms with van der Waals surface area (Å²) in [7, 11) is 0. The van der Waals surface area contributed by atoms with Crippen LogP contribution in [-0.4, -0.2) is 22.9 Å². The zero-order chi connectivity index (χ0) is 22.6. The number of esters is 1. The lowest BCUT2D eigenvalue weighted by Crippen LogP contribution is -2.13. The van der Waals surface area contributed by atoms with Crippen molar-refractivity contribution >= 4 is 11.8 Å². The first-order valence-corrected chi connectivity index (χ1v) is 12.0. The van der Waals surface area contributed by atoms with Crippen molar-refractivity contribution in [1.29, 1.82) is 0 Å². The molecule has 1 aromatic heterocycles. The van der Waals surface area contributed by atoms with Gasteiger partial charge in [-0.1, -0.05) is 76.5 Å². The second kappa shape index (κ2) is 13.1.